The van der Waals surface area contributed by atoms with Crippen LogP contribution in [0.25, 0.3) is 87.6 Å². The van der Waals surface area contributed by atoms with Crippen molar-refractivity contribution < 1.29 is 0 Å². The summed E-state index contributed by atoms with van der Waals surface area (Å²) in [7, 11) is 0. The van der Waals surface area contributed by atoms with Crippen molar-refractivity contribution in [1.82, 2.24) is 4.98 Å². The van der Waals surface area contributed by atoms with E-state index in [1.54, 1.807) is 0 Å². The molecule has 0 amide bonds. The molecule has 0 radical (unpaired) electrons. The van der Waals surface area contributed by atoms with E-state index in [1.165, 1.54) is 87.6 Å². The van der Waals surface area contributed by atoms with Gasteiger partial charge in [0.2, 0.25) is 0 Å². The molecular formula is C33H17N. The fourth-order valence-electron chi connectivity index (χ4n) is 6.66. The molecule has 0 bridgehead atoms. The van der Waals surface area contributed by atoms with E-state index >= 15 is 0 Å². The molecule has 0 fully saturated rings. The number of hydrogen-bond donors (Lipinski definition) is 0. The van der Waals surface area contributed by atoms with Crippen LogP contribution in [0.3, 0.4) is 0 Å². The van der Waals surface area contributed by atoms with E-state index in [4.69, 9.17) is 0 Å². The first-order chi connectivity index (χ1) is 16.9. The third kappa shape index (κ3) is 1.84. The van der Waals surface area contributed by atoms with Gasteiger partial charge >= 0.3 is 0 Å². The van der Waals surface area contributed by atoms with Crippen LogP contribution in [0.4, 0.5) is 0 Å². The van der Waals surface area contributed by atoms with Crippen molar-refractivity contribution in [3.8, 4) is 44.5 Å². The lowest BCUT2D eigenvalue weighted by molar-refractivity contribution is 1.34. The molecule has 1 heterocycles. The lowest BCUT2D eigenvalue weighted by Gasteiger charge is -2.14. The van der Waals surface area contributed by atoms with Gasteiger partial charge in [-0.2, -0.15) is 0 Å². The number of hydrogen-bond acceptors (Lipinski definition) is 1. The van der Waals surface area contributed by atoms with Crippen molar-refractivity contribution in [1.29, 1.82) is 0 Å². The van der Waals surface area contributed by atoms with E-state index < -0.39 is 0 Å². The van der Waals surface area contributed by atoms with Crippen LogP contribution in [0, 0.1) is 0 Å². The van der Waals surface area contributed by atoms with Gasteiger partial charge < -0.3 is 0 Å². The molecule has 0 unspecified atom stereocenters. The summed E-state index contributed by atoms with van der Waals surface area (Å²) in [6, 6.07) is 34.0. The number of aromatic nitrogens is 1. The lowest BCUT2D eigenvalue weighted by atomic mass is 9.89. The minimum Gasteiger partial charge on any atom is -0.264 e. The van der Waals surface area contributed by atoms with Crippen molar-refractivity contribution in [3.63, 3.8) is 0 Å². The Balaban J connectivity index is 1.43. The number of rotatable bonds is 1. The summed E-state index contributed by atoms with van der Waals surface area (Å²) in [4.78, 5) is 4.41. The predicted molar refractivity (Wildman–Crippen MR) is 143 cm³/mol. The van der Waals surface area contributed by atoms with E-state index in [0.29, 0.717) is 0 Å². The van der Waals surface area contributed by atoms with Crippen LogP contribution in [-0.4, -0.2) is 4.98 Å². The molecule has 0 atom stereocenters. The summed E-state index contributed by atoms with van der Waals surface area (Å²) in [5.41, 5.74) is 10.5. The summed E-state index contributed by atoms with van der Waals surface area (Å²) >= 11 is 0. The third-order valence-corrected chi connectivity index (χ3v) is 8.03. The van der Waals surface area contributed by atoms with Crippen LogP contribution in [0.2, 0.25) is 0 Å². The highest BCUT2D eigenvalue weighted by Crippen LogP contribution is 2.52. The highest BCUT2D eigenvalue weighted by Gasteiger charge is 2.25. The van der Waals surface area contributed by atoms with E-state index in [9.17, 15) is 0 Å². The van der Waals surface area contributed by atoms with Crippen molar-refractivity contribution in [2.75, 3.05) is 0 Å². The quantitative estimate of drug-likeness (QED) is 0.238. The molecule has 34 heavy (non-hydrogen) atoms. The van der Waals surface area contributed by atoms with Crippen molar-refractivity contribution in [3.05, 3.63) is 103 Å². The Bertz CT molecular complexity index is 2030. The molecule has 2 aliphatic rings. The largest absolute Gasteiger partial charge is 0.264 e. The van der Waals surface area contributed by atoms with Gasteiger partial charge in [0.15, 0.2) is 0 Å². The summed E-state index contributed by atoms with van der Waals surface area (Å²) in [6.07, 6.45) is 3.90. The van der Waals surface area contributed by atoms with Gasteiger partial charge in [0.25, 0.3) is 0 Å². The molecule has 6 aromatic carbocycles. The molecule has 2 aliphatic carbocycles. The zero-order valence-corrected chi connectivity index (χ0v) is 18.3. The molecule has 1 nitrogen and oxygen atoms in total. The van der Waals surface area contributed by atoms with Gasteiger partial charge in [-0.15, -0.1) is 0 Å². The fourth-order valence-corrected chi connectivity index (χ4v) is 6.66. The molecule has 0 saturated heterocycles. The van der Waals surface area contributed by atoms with E-state index in [2.05, 4.69) is 96.0 Å². The second-order valence-electron chi connectivity index (χ2n) is 9.53. The first-order valence-corrected chi connectivity index (χ1v) is 11.8. The van der Waals surface area contributed by atoms with Gasteiger partial charge in [-0.25, -0.2) is 0 Å². The smallest absolute Gasteiger partial charge is 0.0352 e. The molecule has 0 spiro atoms. The topological polar surface area (TPSA) is 12.9 Å². The molecule has 9 rings (SSSR count). The average Bonchev–Trinajstić information content (AvgIpc) is 3.41. The average molecular weight is 428 g/mol. The third-order valence-electron chi connectivity index (χ3n) is 8.03. The van der Waals surface area contributed by atoms with Gasteiger partial charge in [-0.1, -0.05) is 84.9 Å². The zero-order chi connectivity index (χ0) is 22.0. The predicted octanol–water partition coefficient (Wildman–Crippen LogP) is 8.99. The second-order valence-corrected chi connectivity index (χ2v) is 9.53. The summed E-state index contributed by atoms with van der Waals surface area (Å²) in [5.74, 6) is 0. The van der Waals surface area contributed by atoms with Gasteiger partial charge in [0.1, 0.15) is 0 Å². The summed E-state index contributed by atoms with van der Waals surface area (Å²) < 4.78 is 0. The van der Waals surface area contributed by atoms with Crippen LogP contribution < -0.4 is 0 Å². The minimum absolute atomic E-state index is 1.24. The van der Waals surface area contributed by atoms with Crippen LogP contribution in [0.15, 0.2) is 103 Å². The normalized spacial score (nSPS) is 12.7. The van der Waals surface area contributed by atoms with Crippen LogP contribution in [0.5, 0.6) is 0 Å². The van der Waals surface area contributed by atoms with Gasteiger partial charge in [0.05, 0.1) is 0 Å². The van der Waals surface area contributed by atoms with Crippen molar-refractivity contribution >= 4 is 43.1 Å². The Hall–Kier alpha value is -4.49. The standard InChI is InChI=1S/C33H17N/c1-3-18-7-8-19-9-10-26-21(11-13-27-25(4-1)30(18)31(19)33(26)27)20-12-14-28-29-17-34-16-15-22(29)24-6-2-5-23(20)32(24)28/h1-17H. The maximum Gasteiger partial charge on any atom is 0.0352 e. The molecular weight excluding hydrogens is 410 g/mol. The first kappa shape index (κ1) is 17.0. The zero-order valence-electron chi connectivity index (χ0n) is 18.3. The molecule has 154 valence electrons. The summed E-state index contributed by atoms with van der Waals surface area (Å²) in [5, 5.41) is 10.9. The van der Waals surface area contributed by atoms with E-state index in [0.717, 1.165) is 0 Å². The molecule has 0 saturated carbocycles. The van der Waals surface area contributed by atoms with Crippen molar-refractivity contribution in [2.45, 2.75) is 0 Å². The Morgan fingerprint density at radius 3 is 1.82 bits per heavy atom. The molecule has 0 aliphatic heterocycles. The lowest BCUT2D eigenvalue weighted by Crippen LogP contribution is -1.87. The van der Waals surface area contributed by atoms with E-state index in [-0.39, 0.29) is 0 Å². The minimum atomic E-state index is 1.24. The van der Waals surface area contributed by atoms with Gasteiger partial charge in [0, 0.05) is 18.0 Å². The summed E-state index contributed by atoms with van der Waals surface area (Å²) in [6.45, 7) is 0. The Kier molecular flexibility index (Phi) is 2.86. The maximum atomic E-state index is 4.41. The van der Waals surface area contributed by atoms with Gasteiger partial charge in [-0.05, 0) is 88.1 Å². The molecule has 7 aromatic rings. The number of benzene rings is 6. The number of fused-ring (bicyclic) bond motifs is 4. The molecule has 0 N–H and O–H groups in total. The van der Waals surface area contributed by atoms with Gasteiger partial charge in [-0.3, -0.25) is 4.98 Å². The number of nitrogens with zero attached hydrogens (tertiary/aromatic N) is 1. The molecule has 1 aromatic heterocycles. The first-order valence-electron chi connectivity index (χ1n) is 11.8. The fraction of sp³-hybridized carbons (Fsp3) is 0. The monoisotopic (exact) mass is 427 g/mol. The van der Waals surface area contributed by atoms with E-state index in [1.807, 2.05) is 12.4 Å². The molecule has 1 heteroatoms. The SMILES string of the molecule is c1cc2c3c(c1)ccc1ccc4c(-c5ccc6c7c(cccc57)-c5ccncc5-6)ccc-2c4c13. The Morgan fingerprint density at radius 2 is 0.971 bits per heavy atom. The second kappa shape index (κ2) is 5.70. The highest BCUT2D eigenvalue weighted by atomic mass is 14.6. The van der Waals surface area contributed by atoms with Crippen LogP contribution in [-0.2, 0) is 0 Å². The van der Waals surface area contributed by atoms with Crippen LogP contribution >= 0.6 is 0 Å². The number of pyridine rings is 1. The van der Waals surface area contributed by atoms with Crippen LogP contribution in [0.1, 0.15) is 0 Å². The van der Waals surface area contributed by atoms with Crippen molar-refractivity contribution in [2.24, 2.45) is 0 Å². The maximum absolute atomic E-state index is 4.41. The highest BCUT2D eigenvalue weighted by molar-refractivity contribution is 6.34. The Morgan fingerprint density at radius 1 is 0.353 bits per heavy atom. The Labute approximate surface area is 195 Å².